The van der Waals surface area contributed by atoms with Gasteiger partial charge in [-0.2, -0.15) is 0 Å². The Balaban J connectivity index is 2.55. The van der Waals surface area contributed by atoms with Crippen LogP contribution in [0.3, 0.4) is 0 Å². The van der Waals surface area contributed by atoms with Crippen LogP contribution in [0.25, 0.3) is 0 Å². The van der Waals surface area contributed by atoms with Crippen LogP contribution in [0.2, 0.25) is 5.02 Å². The molecule has 0 saturated carbocycles. The van der Waals surface area contributed by atoms with E-state index in [0.717, 1.165) is 12.7 Å². The predicted octanol–water partition coefficient (Wildman–Crippen LogP) is 2.94. The number of halogens is 1. The van der Waals surface area contributed by atoms with Crippen molar-refractivity contribution in [1.29, 1.82) is 0 Å². The minimum atomic E-state index is 0.445. The first kappa shape index (κ1) is 11.6. The first-order chi connectivity index (χ1) is 7.27. The minimum absolute atomic E-state index is 0.445. The first-order valence-electron chi connectivity index (χ1n) is 4.59. The second-order valence-corrected chi connectivity index (χ2v) is 3.37. The third-order valence-electron chi connectivity index (χ3n) is 1.82. The van der Waals surface area contributed by atoms with Crippen molar-refractivity contribution in [3.05, 3.63) is 28.8 Å². The zero-order valence-corrected chi connectivity index (χ0v) is 8.96. The molecule has 0 atom stereocenters. The number of benzene rings is 1. The van der Waals surface area contributed by atoms with Gasteiger partial charge in [-0.25, -0.2) is 0 Å². The van der Waals surface area contributed by atoms with E-state index in [4.69, 9.17) is 22.8 Å². The lowest BCUT2D eigenvalue weighted by Crippen LogP contribution is -1.97. The molecule has 0 aliphatic rings. The normalized spacial score (nSPS) is 9.33. The Hall–Kier alpha value is -1.46. The summed E-state index contributed by atoms with van der Waals surface area (Å²) in [5.41, 5.74) is 0.538. The van der Waals surface area contributed by atoms with Gasteiger partial charge in [-0.1, -0.05) is 11.6 Å². The molecule has 15 heavy (non-hydrogen) atoms. The summed E-state index contributed by atoms with van der Waals surface area (Å²) in [6, 6.07) is 4.92. The van der Waals surface area contributed by atoms with E-state index >= 15 is 0 Å². The summed E-state index contributed by atoms with van der Waals surface area (Å²) >= 11 is 5.90. The third-order valence-corrected chi connectivity index (χ3v) is 2.11. The van der Waals surface area contributed by atoms with Gasteiger partial charge in [0.05, 0.1) is 11.6 Å². The summed E-state index contributed by atoms with van der Waals surface area (Å²) in [7, 11) is 0. The number of ether oxygens (including phenoxy) is 1. The molecule has 1 rings (SSSR count). The lowest BCUT2D eigenvalue weighted by Gasteiger charge is -2.06. The van der Waals surface area contributed by atoms with Crippen LogP contribution in [0.4, 0.5) is 0 Å². The molecule has 0 amide bonds. The Kier molecular flexibility index (Phi) is 4.73. The molecular weight excluding hydrogens is 212 g/mol. The van der Waals surface area contributed by atoms with Crippen LogP contribution in [0.15, 0.2) is 18.2 Å². The molecule has 0 N–H and O–H groups in total. The van der Waals surface area contributed by atoms with Gasteiger partial charge in [0, 0.05) is 12.0 Å². The highest BCUT2D eigenvalue weighted by Crippen LogP contribution is 2.24. The fraction of sp³-hybridized carbons (Fsp3) is 0.250. The standard InChI is InChI=1S/C12H11ClO2/c1-2-3-4-7-15-12-6-5-10(9-14)8-11(12)13/h1,5-6,8-9H,3-4,7H2. The molecule has 1 aromatic carbocycles. The number of hydrogen-bond acceptors (Lipinski definition) is 2. The molecule has 0 spiro atoms. The van der Waals surface area contributed by atoms with Gasteiger partial charge in [0.25, 0.3) is 0 Å². The Labute approximate surface area is 94.2 Å². The fourth-order valence-corrected chi connectivity index (χ4v) is 1.31. The lowest BCUT2D eigenvalue weighted by atomic mass is 10.2. The number of unbranched alkanes of at least 4 members (excludes halogenated alkanes) is 1. The van der Waals surface area contributed by atoms with Crippen LogP contribution >= 0.6 is 11.6 Å². The molecule has 3 heteroatoms. The van der Waals surface area contributed by atoms with Gasteiger partial charge in [-0.3, -0.25) is 4.79 Å². The predicted molar refractivity (Wildman–Crippen MR) is 60.4 cm³/mol. The number of rotatable bonds is 5. The number of terminal acetylenes is 1. The maximum atomic E-state index is 10.4. The van der Waals surface area contributed by atoms with Gasteiger partial charge in [0.15, 0.2) is 0 Å². The second kappa shape index (κ2) is 6.10. The van der Waals surface area contributed by atoms with Gasteiger partial charge >= 0.3 is 0 Å². The summed E-state index contributed by atoms with van der Waals surface area (Å²) in [6.07, 6.45) is 7.33. The van der Waals surface area contributed by atoms with Crippen molar-refractivity contribution in [3.8, 4) is 18.1 Å². The van der Waals surface area contributed by atoms with E-state index in [9.17, 15) is 4.79 Å². The van der Waals surface area contributed by atoms with Crippen LogP contribution in [0, 0.1) is 12.3 Å². The summed E-state index contributed by atoms with van der Waals surface area (Å²) in [5.74, 6) is 3.11. The third kappa shape index (κ3) is 3.65. The highest BCUT2D eigenvalue weighted by atomic mass is 35.5. The monoisotopic (exact) mass is 222 g/mol. The Morgan fingerprint density at radius 3 is 2.93 bits per heavy atom. The van der Waals surface area contributed by atoms with E-state index in [1.54, 1.807) is 18.2 Å². The maximum absolute atomic E-state index is 10.4. The van der Waals surface area contributed by atoms with E-state index in [-0.39, 0.29) is 0 Å². The van der Waals surface area contributed by atoms with Crippen molar-refractivity contribution in [3.63, 3.8) is 0 Å². The van der Waals surface area contributed by atoms with E-state index in [2.05, 4.69) is 5.92 Å². The summed E-state index contributed by atoms with van der Waals surface area (Å²) in [5, 5.41) is 0.445. The zero-order chi connectivity index (χ0) is 11.1. The zero-order valence-electron chi connectivity index (χ0n) is 8.20. The van der Waals surface area contributed by atoms with Crippen molar-refractivity contribution in [1.82, 2.24) is 0 Å². The van der Waals surface area contributed by atoms with E-state index in [1.807, 2.05) is 0 Å². The highest BCUT2D eigenvalue weighted by Gasteiger charge is 2.02. The molecule has 0 unspecified atom stereocenters. The topological polar surface area (TPSA) is 26.3 Å². The molecule has 0 bridgehead atoms. The van der Waals surface area contributed by atoms with Crippen molar-refractivity contribution in [2.24, 2.45) is 0 Å². The lowest BCUT2D eigenvalue weighted by molar-refractivity contribution is 0.112. The van der Waals surface area contributed by atoms with Crippen LogP contribution in [-0.2, 0) is 0 Å². The Morgan fingerprint density at radius 1 is 1.53 bits per heavy atom. The Bertz CT molecular complexity index is 380. The van der Waals surface area contributed by atoms with Crippen molar-refractivity contribution in [2.45, 2.75) is 12.8 Å². The summed E-state index contributed by atoms with van der Waals surface area (Å²) in [4.78, 5) is 10.4. The number of carbonyl (C=O) groups excluding carboxylic acids is 1. The molecule has 1 aromatic rings. The van der Waals surface area contributed by atoms with Gasteiger partial charge < -0.3 is 4.74 Å². The van der Waals surface area contributed by atoms with Crippen LogP contribution < -0.4 is 4.74 Å². The maximum Gasteiger partial charge on any atom is 0.150 e. The molecule has 0 aliphatic heterocycles. The quantitative estimate of drug-likeness (QED) is 0.435. The first-order valence-corrected chi connectivity index (χ1v) is 4.96. The highest BCUT2D eigenvalue weighted by molar-refractivity contribution is 6.32. The van der Waals surface area contributed by atoms with Crippen LogP contribution in [-0.4, -0.2) is 12.9 Å². The average Bonchev–Trinajstić information content (AvgIpc) is 2.26. The van der Waals surface area contributed by atoms with Crippen LogP contribution in [0.1, 0.15) is 23.2 Å². The molecular formula is C12H11ClO2. The van der Waals surface area contributed by atoms with E-state index in [0.29, 0.717) is 29.4 Å². The van der Waals surface area contributed by atoms with Gasteiger partial charge in [-0.15, -0.1) is 12.3 Å². The summed E-state index contributed by atoms with van der Waals surface area (Å²) < 4.78 is 5.39. The average molecular weight is 223 g/mol. The molecule has 0 fully saturated rings. The smallest absolute Gasteiger partial charge is 0.150 e. The molecule has 78 valence electrons. The van der Waals surface area contributed by atoms with E-state index < -0.39 is 0 Å². The molecule has 0 saturated heterocycles. The van der Waals surface area contributed by atoms with Crippen molar-refractivity contribution >= 4 is 17.9 Å². The van der Waals surface area contributed by atoms with Crippen molar-refractivity contribution < 1.29 is 9.53 Å². The number of hydrogen-bond donors (Lipinski definition) is 0. The summed E-state index contributed by atoms with van der Waals surface area (Å²) in [6.45, 7) is 0.532. The second-order valence-electron chi connectivity index (χ2n) is 2.96. The van der Waals surface area contributed by atoms with Crippen molar-refractivity contribution in [2.75, 3.05) is 6.61 Å². The minimum Gasteiger partial charge on any atom is -0.492 e. The molecule has 0 radical (unpaired) electrons. The molecule has 0 aromatic heterocycles. The Morgan fingerprint density at radius 2 is 2.33 bits per heavy atom. The van der Waals surface area contributed by atoms with Gasteiger partial charge in [0.2, 0.25) is 0 Å². The SMILES string of the molecule is C#CCCCOc1ccc(C=O)cc1Cl. The molecule has 2 nitrogen and oxygen atoms in total. The van der Waals surface area contributed by atoms with E-state index in [1.165, 1.54) is 0 Å². The van der Waals surface area contributed by atoms with Crippen LogP contribution in [0.5, 0.6) is 5.75 Å². The number of aldehydes is 1. The van der Waals surface area contributed by atoms with Gasteiger partial charge in [0.1, 0.15) is 12.0 Å². The largest absolute Gasteiger partial charge is 0.492 e. The van der Waals surface area contributed by atoms with Gasteiger partial charge in [-0.05, 0) is 24.6 Å². The molecule has 0 heterocycles. The number of carbonyl (C=O) groups is 1. The molecule has 0 aliphatic carbocycles. The fourth-order valence-electron chi connectivity index (χ4n) is 1.06.